The molecule has 1 aliphatic heterocycles. The fourth-order valence-electron chi connectivity index (χ4n) is 3.48. The van der Waals surface area contributed by atoms with Gasteiger partial charge in [-0.1, -0.05) is 12.1 Å². The van der Waals surface area contributed by atoms with E-state index in [-0.39, 0.29) is 54.8 Å². The van der Waals surface area contributed by atoms with Crippen LogP contribution < -0.4 is 0 Å². The number of amides is 1. The molecule has 0 radical (unpaired) electrons. The van der Waals surface area contributed by atoms with Crippen molar-refractivity contribution in [2.24, 2.45) is 0 Å². The van der Waals surface area contributed by atoms with Gasteiger partial charge in [-0.15, -0.1) is 11.3 Å². The molecule has 10 heteroatoms. The van der Waals surface area contributed by atoms with Crippen LogP contribution in [0, 0.1) is 17.1 Å². The van der Waals surface area contributed by atoms with Gasteiger partial charge in [-0.25, -0.2) is 17.8 Å². The molecule has 0 saturated carbocycles. The van der Waals surface area contributed by atoms with Crippen LogP contribution in [0.1, 0.15) is 11.3 Å². The summed E-state index contributed by atoms with van der Waals surface area (Å²) < 4.78 is 40.3. The number of nitrogens with zero attached hydrogens (tertiary/aromatic N) is 4. The van der Waals surface area contributed by atoms with Crippen molar-refractivity contribution in [2.45, 2.75) is 11.3 Å². The van der Waals surface area contributed by atoms with Crippen LogP contribution >= 0.6 is 11.3 Å². The zero-order valence-corrected chi connectivity index (χ0v) is 18.6. The van der Waals surface area contributed by atoms with Gasteiger partial charge in [-0.2, -0.15) is 9.57 Å². The minimum atomic E-state index is -3.81. The molecule has 164 valence electrons. The molecule has 4 rings (SSSR count). The molecule has 0 unspecified atom stereocenters. The number of benzene rings is 2. The lowest BCUT2D eigenvalue weighted by Crippen LogP contribution is -2.51. The zero-order valence-electron chi connectivity index (χ0n) is 16.9. The maximum Gasteiger partial charge on any atom is 0.244 e. The van der Waals surface area contributed by atoms with Gasteiger partial charge in [0.25, 0.3) is 0 Å². The quantitative estimate of drug-likeness (QED) is 0.572. The van der Waals surface area contributed by atoms with E-state index >= 15 is 0 Å². The van der Waals surface area contributed by atoms with E-state index in [1.54, 1.807) is 34.5 Å². The molecular formula is C22H19FN4O3S2. The third-order valence-electron chi connectivity index (χ3n) is 5.19. The summed E-state index contributed by atoms with van der Waals surface area (Å²) in [4.78, 5) is 18.8. The van der Waals surface area contributed by atoms with Gasteiger partial charge in [0.15, 0.2) is 0 Å². The van der Waals surface area contributed by atoms with Crippen LogP contribution in [0.25, 0.3) is 10.6 Å². The number of carbonyl (C=O) groups excluding carboxylic acids is 1. The molecule has 2 aromatic carbocycles. The first-order chi connectivity index (χ1) is 15.4. The Labute approximate surface area is 189 Å². The molecule has 0 aliphatic carbocycles. The fraction of sp³-hybridized carbons (Fsp3) is 0.227. The Balaban J connectivity index is 1.38. The smallest absolute Gasteiger partial charge is 0.244 e. The molecule has 0 bridgehead atoms. The normalized spacial score (nSPS) is 14.8. The third-order valence-corrected chi connectivity index (χ3v) is 8.09. The van der Waals surface area contributed by atoms with Crippen molar-refractivity contribution in [3.05, 3.63) is 71.0 Å². The number of aromatic nitrogens is 1. The van der Waals surface area contributed by atoms with E-state index in [0.717, 1.165) is 5.56 Å². The molecule has 1 amide bonds. The summed E-state index contributed by atoms with van der Waals surface area (Å²) in [5, 5.41) is 11.7. The largest absolute Gasteiger partial charge is 0.340 e. The molecule has 1 aromatic heterocycles. The van der Waals surface area contributed by atoms with Crippen LogP contribution in [0.2, 0.25) is 0 Å². The summed E-state index contributed by atoms with van der Waals surface area (Å²) in [5.74, 6) is -0.451. The first-order valence-corrected chi connectivity index (χ1v) is 12.2. The van der Waals surface area contributed by atoms with Gasteiger partial charge >= 0.3 is 0 Å². The number of hydrogen-bond acceptors (Lipinski definition) is 6. The number of sulfonamides is 1. The second-order valence-electron chi connectivity index (χ2n) is 7.22. The highest BCUT2D eigenvalue weighted by Gasteiger charge is 2.31. The summed E-state index contributed by atoms with van der Waals surface area (Å²) in [5.41, 5.74) is 1.51. The number of rotatable bonds is 5. The maximum atomic E-state index is 13.1. The van der Waals surface area contributed by atoms with Gasteiger partial charge in [-0.05, 0) is 36.4 Å². The number of hydrogen-bond donors (Lipinski definition) is 0. The molecule has 2 heterocycles. The maximum absolute atomic E-state index is 13.1. The average Bonchev–Trinajstić information content (AvgIpc) is 3.28. The molecule has 0 atom stereocenters. The zero-order chi connectivity index (χ0) is 22.7. The minimum absolute atomic E-state index is 0.0157. The summed E-state index contributed by atoms with van der Waals surface area (Å²) >= 11 is 1.38. The van der Waals surface area contributed by atoms with Crippen molar-refractivity contribution in [1.29, 1.82) is 5.26 Å². The Hall–Kier alpha value is -3.13. The molecule has 32 heavy (non-hydrogen) atoms. The SMILES string of the molecule is N#Cc1ccccc1S(=O)(=O)N1CCN(C(=O)Cc2csc(-c3ccc(F)cc3)n2)CC1. The van der Waals surface area contributed by atoms with Crippen molar-refractivity contribution >= 4 is 27.3 Å². The molecule has 1 saturated heterocycles. The van der Waals surface area contributed by atoms with Gasteiger partial charge in [0.1, 0.15) is 16.9 Å². The van der Waals surface area contributed by atoms with Crippen LogP contribution in [0.3, 0.4) is 0 Å². The Morgan fingerprint density at radius 3 is 2.47 bits per heavy atom. The number of piperazine rings is 1. The van der Waals surface area contributed by atoms with Crippen LogP contribution in [0.4, 0.5) is 4.39 Å². The number of thiazole rings is 1. The lowest BCUT2D eigenvalue weighted by Gasteiger charge is -2.34. The van der Waals surface area contributed by atoms with Gasteiger partial charge in [0.2, 0.25) is 15.9 Å². The number of nitriles is 1. The van der Waals surface area contributed by atoms with Crippen molar-refractivity contribution in [3.63, 3.8) is 0 Å². The van der Waals surface area contributed by atoms with Crippen molar-refractivity contribution in [3.8, 4) is 16.6 Å². The van der Waals surface area contributed by atoms with Crippen LogP contribution in [-0.2, 0) is 21.2 Å². The van der Waals surface area contributed by atoms with E-state index in [0.29, 0.717) is 10.7 Å². The Morgan fingerprint density at radius 2 is 1.78 bits per heavy atom. The minimum Gasteiger partial charge on any atom is -0.340 e. The van der Waals surface area contributed by atoms with Gasteiger partial charge in [0, 0.05) is 37.1 Å². The van der Waals surface area contributed by atoms with E-state index in [2.05, 4.69) is 4.98 Å². The lowest BCUT2D eigenvalue weighted by atomic mass is 10.2. The third kappa shape index (κ3) is 4.55. The predicted octanol–water partition coefficient (Wildman–Crippen LogP) is 2.90. The lowest BCUT2D eigenvalue weighted by molar-refractivity contribution is -0.131. The Morgan fingerprint density at radius 1 is 1.09 bits per heavy atom. The average molecular weight is 471 g/mol. The monoisotopic (exact) mass is 470 g/mol. The second-order valence-corrected chi connectivity index (χ2v) is 9.98. The highest BCUT2D eigenvalue weighted by molar-refractivity contribution is 7.89. The molecule has 0 spiro atoms. The van der Waals surface area contributed by atoms with Crippen LogP contribution in [0.5, 0.6) is 0 Å². The number of carbonyl (C=O) groups is 1. The topological polar surface area (TPSA) is 94.4 Å². The second kappa shape index (κ2) is 9.16. The van der Waals surface area contributed by atoms with E-state index in [1.807, 2.05) is 6.07 Å². The van der Waals surface area contributed by atoms with E-state index < -0.39 is 10.0 Å². The molecule has 3 aromatic rings. The Kier molecular flexibility index (Phi) is 6.32. The van der Waals surface area contributed by atoms with Crippen LogP contribution in [0.15, 0.2) is 58.8 Å². The van der Waals surface area contributed by atoms with Crippen LogP contribution in [-0.4, -0.2) is 54.7 Å². The highest BCUT2D eigenvalue weighted by Crippen LogP contribution is 2.25. The van der Waals surface area contributed by atoms with E-state index in [9.17, 15) is 22.9 Å². The molecule has 0 N–H and O–H groups in total. The molecule has 1 aliphatic rings. The van der Waals surface area contributed by atoms with Crippen molar-refractivity contribution in [2.75, 3.05) is 26.2 Å². The van der Waals surface area contributed by atoms with Crippen molar-refractivity contribution < 1.29 is 17.6 Å². The van der Waals surface area contributed by atoms with E-state index in [4.69, 9.17) is 0 Å². The summed E-state index contributed by atoms with van der Waals surface area (Å²) in [6.07, 6.45) is 0.113. The molecule has 7 nitrogen and oxygen atoms in total. The van der Waals surface area contributed by atoms with Crippen molar-refractivity contribution in [1.82, 2.24) is 14.2 Å². The number of halogens is 1. The van der Waals surface area contributed by atoms with Gasteiger partial charge < -0.3 is 4.90 Å². The molecule has 1 fully saturated rings. The van der Waals surface area contributed by atoms with Gasteiger partial charge in [0.05, 0.1) is 22.6 Å². The summed E-state index contributed by atoms with van der Waals surface area (Å²) in [7, 11) is -3.81. The predicted molar refractivity (Wildman–Crippen MR) is 118 cm³/mol. The Bertz CT molecular complexity index is 1280. The highest BCUT2D eigenvalue weighted by atomic mass is 32.2. The van der Waals surface area contributed by atoms with E-state index in [1.165, 1.54) is 39.9 Å². The molecular weight excluding hydrogens is 451 g/mol. The summed E-state index contributed by atoms with van der Waals surface area (Å²) in [6.45, 7) is 0.848. The standard InChI is InChI=1S/C22H19FN4O3S2/c23-18-7-5-16(6-8-18)22-25-19(15-31-22)13-21(28)26-9-11-27(12-10-26)32(29,30)20-4-2-1-3-17(20)14-24/h1-8,15H,9-13H2. The van der Waals surface area contributed by atoms with Gasteiger partial charge in [-0.3, -0.25) is 4.79 Å². The first kappa shape index (κ1) is 22.1. The fourth-order valence-corrected chi connectivity index (χ4v) is 5.87. The summed E-state index contributed by atoms with van der Waals surface area (Å²) in [6, 6.07) is 14.0. The first-order valence-electron chi connectivity index (χ1n) is 9.86.